The lowest BCUT2D eigenvalue weighted by molar-refractivity contribution is -0.117. The van der Waals surface area contributed by atoms with Crippen LogP contribution in [0, 0.1) is 0 Å². The van der Waals surface area contributed by atoms with Crippen LogP contribution in [0.5, 0.6) is 0 Å². The van der Waals surface area contributed by atoms with Crippen molar-refractivity contribution in [3.63, 3.8) is 0 Å². The normalized spacial score (nSPS) is 18.7. The number of sulfonamides is 1. The van der Waals surface area contributed by atoms with Gasteiger partial charge in [-0.05, 0) is 12.1 Å². The fraction of sp³-hybridized carbons (Fsp3) is 0.200. The van der Waals surface area contributed by atoms with Gasteiger partial charge in [0.25, 0.3) is 0 Å². The molecule has 1 aliphatic heterocycles. The van der Waals surface area contributed by atoms with E-state index in [9.17, 15) is 13.2 Å². The zero-order chi connectivity index (χ0) is 15.7. The number of hydrogen-bond donors (Lipinski definition) is 1. The van der Waals surface area contributed by atoms with Crippen LogP contribution < -0.4 is 10.0 Å². The average molecular weight is 317 g/mol. The monoisotopic (exact) mass is 317 g/mol. The predicted octanol–water partition coefficient (Wildman–Crippen LogP) is 1.14. The topological polar surface area (TPSA) is 93.4 Å². The first-order chi connectivity index (χ1) is 10.4. The Morgan fingerprint density at radius 2 is 1.91 bits per heavy atom. The van der Waals surface area contributed by atoms with Gasteiger partial charge < -0.3 is 4.90 Å². The number of pyridine rings is 1. The Kier molecular flexibility index (Phi) is 3.67. The van der Waals surface area contributed by atoms with Gasteiger partial charge in [-0.15, -0.1) is 0 Å². The van der Waals surface area contributed by atoms with Gasteiger partial charge in [-0.3, -0.25) is 9.78 Å². The van der Waals surface area contributed by atoms with Gasteiger partial charge in [0.05, 0.1) is 5.69 Å². The van der Waals surface area contributed by atoms with E-state index in [4.69, 9.17) is 5.14 Å². The van der Waals surface area contributed by atoms with Crippen LogP contribution in [0.4, 0.5) is 5.69 Å². The number of anilines is 1. The molecule has 1 amide bonds. The van der Waals surface area contributed by atoms with E-state index in [1.165, 1.54) is 4.90 Å². The van der Waals surface area contributed by atoms with E-state index in [1.54, 1.807) is 18.3 Å². The van der Waals surface area contributed by atoms with E-state index in [0.717, 1.165) is 11.3 Å². The van der Waals surface area contributed by atoms with Gasteiger partial charge >= 0.3 is 0 Å². The Morgan fingerprint density at radius 3 is 2.55 bits per heavy atom. The molecule has 0 aliphatic carbocycles. The number of carbonyl (C=O) groups excluding carboxylic acids is 1. The maximum absolute atomic E-state index is 12.1. The Balaban J connectivity index is 1.92. The second-order valence-electron chi connectivity index (χ2n) is 5.18. The number of amides is 1. The van der Waals surface area contributed by atoms with Crippen molar-refractivity contribution in [2.24, 2.45) is 5.14 Å². The summed E-state index contributed by atoms with van der Waals surface area (Å²) in [5.41, 5.74) is 2.29. The Labute approximate surface area is 128 Å². The number of nitrogens with two attached hydrogens (primary N) is 1. The number of aromatic nitrogens is 1. The van der Waals surface area contributed by atoms with Crippen LogP contribution in [0.3, 0.4) is 0 Å². The standard InChI is InChI=1S/C15H15N3O3S/c16-22(20,21)13-9-15(19)18(10-13)12-6-7-17-14(8-12)11-4-2-1-3-5-11/h1-8,13H,9-10H2,(H2,16,20,21). The number of hydrogen-bond acceptors (Lipinski definition) is 4. The van der Waals surface area contributed by atoms with Crippen LogP contribution in [0.1, 0.15) is 6.42 Å². The van der Waals surface area contributed by atoms with Gasteiger partial charge in [-0.1, -0.05) is 30.3 Å². The van der Waals surface area contributed by atoms with Crippen molar-refractivity contribution in [1.82, 2.24) is 4.98 Å². The molecule has 114 valence electrons. The molecule has 7 heteroatoms. The number of carbonyl (C=O) groups is 1. The molecule has 1 aromatic carbocycles. The minimum Gasteiger partial charge on any atom is -0.311 e. The minimum absolute atomic E-state index is 0.0793. The van der Waals surface area contributed by atoms with Crippen molar-refractivity contribution in [3.05, 3.63) is 48.7 Å². The van der Waals surface area contributed by atoms with Crippen LogP contribution in [0.2, 0.25) is 0 Å². The molecule has 2 heterocycles. The van der Waals surface area contributed by atoms with E-state index >= 15 is 0 Å². The first-order valence-electron chi connectivity index (χ1n) is 6.78. The molecule has 1 aromatic heterocycles. The first kappa shape index (κ1) is 14.7. The highest BCUT2D eigenvalue weighted by Crippen LogP contribution is 2.27. The van der Waals surface area contributed by atoms with Crippen LogP contribution >= 0.6 is 0 Å². The third kappa shape index (κ3) is 2.86. The Bertz CT molecular complexity index is 806. The van der Waals surface area contributed by atoms with Crippen molar-refractivity contribution in [2.45, 2.75) is 11.7 Å². The lowest BCUT2D eigenvalue weighted by atomic mass is 10.1. The van der Waals surface area contributed by atoms with Crippen molar-refractivity contribution in [2.75, 3.05) is 11.4 Å². The summed E-state index contributed by atoms with van der Waals surface area (Å²) in [6, 6.07) is 13.0. The number of benzene rings is 1. The molecule has 0 bridgehead atoms. The molecule has 1 unspecified atom stereocenters. The third-order valence-electron chi connectivity index (χ3n) is 3.68. The van der Waals surface area contributed by atoms with Crippen molar-refractivity contribution >= 4 is 21.6 Å². The number of rotatable bonds is 3. The minimum atomic E-state index is -3.72. The summed E-state index contributed by atoms with van der Waals surface area (Å²) in [5.74, 6) is -0.246. The molecule has 0 saturated carbocycles. The average Bonchev–Trinajstić information content (AvgIpc) is 2.90. The molecule has 1 saturated heterocycles. The number of nitrogens with zero attached hydrogens (tertiary/aromatic N) is 2. The van der Waals surface area contributed by atoms with Gasteiger partial charge in [0.15, 0.2) is 0 Å². The molecule has 0 spiro atoms. The lowest BCUT2D eigenvalue weighted by Crippen LogP contribution is -2.32. The van der Waals surface area contributed by atoms with Crippen LogP contribution in [0.25, 0.3) is 11.3 Å². The smallest absolute Gasteiger partial charge is 0.228 e. The second-order valence-corrected chi connectivity index (χ2v) is 7.03. The first-order valence-corrected chi connectivity index (χ1v) is 8.39. The molecule has 3 rings (SSSR count). The maximum Gasteiger partial charge on any atom is 0.228 e. The summed E-state index contributed by atoms with van der Waals surface area (Å²) < 4.78 is 22.9. The highest BCUT2D eigenvalue weighted by atomic mass is 32.2. The molecule has 2 N–H and O–H groups in total. The molecule has 1 fully saturated rings. The summed E-state index contributed by atoms with van der Waals surface area (Å²) in [5, 5.41) is 4.29. The van der Waals surface area contributed by atoms with Gasteiger partial charge in [0, 0.05) is 30.4 Å². The highest BCUT2D eigenvalue weighted by Gasteiger charge is 2.37. The van der Waals surface area contributed by atoms with Crippen molar-refractivity contribution in [3.8, 4) is 11.3 Å². The Hall–Kier alpha value is -2.25. The third-order valence-corrected chi connectivity index (χ3v) is 4.92. The van der Waals surface area contributed by atoms with E-state index in [2.05, 4.69) is 4.98 Å². The maximum atomic E-state index is 12.1. The van der Waals surface area contributed by atoms with E-state index in [1.807, 2.05) is 30.3 Å². The Morgan fingerprint density at radius 1 is 1.18 bits per heavy atom. The number of primary sulfonamides is 1. The fourth-order valence-corrected chi connectivity index (χ4v) is 3.23. The molecule has 0 radical (unpaired) electrons. The molecule has 1 atom stereocenters. The quantitative estimate of drug-likeness (QED) is 0.918. The summed E-state index contributed by atoms with van der Waals surface area (Å²) in [4.78, 5) is 17.8. The lowest BCUT2D eigenvalue weighted by Gasteiger charge is -2.17. The van der Waals surface area contributed by atoms with Crippen LogP contribution in [-0.4, -0.2) is 31.1 Å². The summed E-state index contributed by atoms with van der Waals surface area (Å²) in [7, 11) is -3.72. The largest absolute Gasteiger partial charge is 0.311 e. The van der Waals surface area contributed by atoms with E-state index < -0.39 is 15.3 Å². The molecule has 2 aromatic rings. The zero-order valence-electron chi connectivity index (χ0n) is 11.7. The predicted molar refractivity (Wildman–Crippen MR) is 83.5 cm³/mol. The van der Waals surface area contributed by atoms with Crippen LogP contribution in [0.15, 0.2) is 48.7 Å². The summed E-state index contributed by atoms with van der Waals surface area (Å²) in [6.07, 6.45) is 1.52. The molecule has 22 heavy (non-hydrogen) atoms. The van der Waals surface area contributed by atoms with Crippen molar-refractivity contribution < 1.29 is 13.2 Å². The SMILES string of the molecule is NS(=O)(=O)C1CC(=O)N(c2ccnc(-c3ccccc3)c2)C1. The molecule has 6 nitrogen and oxygen atoms in total. The van der Waals surface area contributed by atoms with Gasteiger partial charge in [0.1, 0.15) is 5.25 Å². The summed E-state index contributed by atoms with van der Waals surface area (Å²) >= 11 is 0. The van der Waals surface area contributed by atoms with Crippen LogP contribution in [-0.2, 0) is 14.8 Å². The van der Waals surface area contributed by atoms with Gasteiger partial charge in [0.2, 0.25) is 15.9 Å². The fourth-order valence-electron chi connectivity index (χ4n) is 2.50. The second kappa shape index (κ2) is 5.51. The van der Waals surface area contributed by atoms with Gasteiger partial charge in [-0.2, -0.15) is 0 Å². The molecular formula is C15H15N3O3S. The van der Waals surface area contributed by atoms with E-state index in [0.29, 0.717) is 5.69 Å². The highest BCUT2D eigenvalue weighted by molar-refractivity contribution is 7.89. The zero-order valence-corrected chi connectivity index (χ0v) is 12.5. The van der Waals surface area contributed by atoms with Crippen molar-refractivity contribution in [1.29, 1.82) is 0 Å². The summed E-state index contributed by atoms with van der Waals surface area (Å²) in [6.45, 7) is 0.0793. The van der Waals surface area contributed by atoms with E-state index in [-0.39, 0.29) is 18.9 Å². The molecular weight excluding hydrogens is 302 g/mol. The molecule has 1 aliphatic rings. The van der Waals surface area contributed by atoms with Gasteiger partial charge in [-0.25, -0.2) is 13.6 Å².